The zero-order valence-corrected chi connectivity index (χ0v) is 8.78. The lowest BCUT2D eigenvalue weighted by Crippen LogP contribution is -2.58. The van der Waals surface area contributed by atoms with Crippen LogP contribution in [0.2, 0.25) is 0 Å². The molecule has 1 aliphatic rings. The first kappa shape index (κ1) is 9.12. The number of rotatable bonds is 3. The van der Waals surface area contributed by atoms with Crippen LogP contribution in [-0.4, -0.2) is 23.7 Å². The van der Waals surface area contributed by atoms with Crippen LogP contribution in [0.3, 0.4) is 0 Å². The van der Waals surface area contributed by atoms with Crippen LogP contribution in [0.15, 0.2) is 5.38 Å². The predicted octanol–water partition coefficient (Wildman–Crippen LogP) is 1.33. The molecule has 1 aliphatic heterocycles. The molecule has 0 aromatic carbocycles. The fourth-order valence-electron chi connectivity index (χ4n) is 1.30. The summed E-state index contributed by atoms with van der Waals surface area (Å²) >= 11 is 1.67. The van der Waals surface area contributed by atoms with Crippen molar-refractivity contribution in [1.82, 2.24) is 10.3 Å². The molecule has 13 heavy (non-hydrogen) atoms. The molecule has 0 amide bonds. The van der Waals surface area contributed by atoms with Crippen LogP contribution in [0.25, 0.3) is 0 Å². The Balaban J connectivity index is 1.85. The Morgan fingerprint density at radius 3 is 2.92 bits per heavy atom. The number of hydrogen-bond donors (Lipinski definition) is 1. The summed E-state index contributed by atoms with van der Waals surface area (Å²) in [6.45, 7) is 6.69. The molecule has 1 fully saturated rings. The molecule has 0 aliphatic carbocycles. The lowest BCUT2D eigenvalue weighted by atomic mass is 10.0. The molecule has 3 nitrogen and oxygen atoms in total. The number of nitrogens with zero attached hydrogens (tertiary/aromatic N) is 1. The summed E-state index contributed by atoms with van der Waals surface area (Å²) in [5.74, 6) is 0. The summed E-state index contributed by atoms with van der Waals surface area (Å²) in [6.07, 6.45) is 0. The van der Waals surface area contributed by atoms with Crippen LogP contribution >= 0.6 is 11.3 Å². The first-order chi connectivity index (χ1) is 6.18. The topological polar surface area (TPSA) is 34.1 Å². The first-order valence-corrected chi connectivity index (χ1v) is 5.32. The predicted molar refractivity (Wildman–Crippen MR) is 52.9 cm³/mol. The monoisotopic (exact) mass is 198 g/mol. The van der Waals surface area contributed by atoms with E-state index in [4.69, 9.17) is 4.74 Å². The van der Waals surface area contributed by atoms with Gasteiger partial charge < -0.3 is 10.1 Å². The lowest BCUT2D eigenvalue weighted by molar-refractivity contribution is -0.0777. The van der Waals surface area contributed by atoms with Crippen molar-refractivity contribution in [3.8, 4) is 0 Å². The van der Waals surface area contributed by atoms with Gasteiger partial charge >= 0.3 is 0 Å². The number of aryl methyl sites for hydroxylation is 1. The summed E-state index contributed by atoms with van der Waals surface area (Å²) in [4.78, 5) is 4.35. The average Bonchev–Trinajstić information content (AvgIpc) is 2.44. The van der Waals surface area contributed by atoms with Crippen LogP contribution in [-0.2, 0) is 11.3 Å². The summed E-state index contributed by atoms with van der Waals surface area (Å²) < 4.78 is 5.75. The molecule has 1 N–H and O–H groups in total. The third-order valence-corrected chi connectivity index (χ3v) is 3.06. The van der Waals surface area contributed by atoms with Crippen molar-refractivity contribution < 1.29 is 4.74 Å². The van der Waals surface area contributed by atoms with Gasteiger partial charge in [-0.1, -0.05) is 0 Å². The molecule has 0 radical (unpaired) electrons. The Bertz CT molecular complexity index is 294. The van der Waals surface area contributed by atoms with Gasteiger partial charge in [0.05, 0.1) is 22.9 Å². The molecule has 1 aromatic heterocycles. The van der Waals surface area contributed by atoms with Gasteiger partial charge in [0.2, 0.25) is 0 Å². The summed E-state index contributed by atoms with van der Waals surface area (Å²) in [5, 5.41) is 6.37. The van der Waals surface area contributed by atoms with Crippen molar-refractivity contribution in [3.63, 3.8) is 0 Å². The van der Waals surface area contributed by atoms with Crippen LogP contribution in [0.5, 0.6) is 0 Å². The Hall–Kier alpha value is -0.450. The smallest absolute Gasteiger partial charge is 0.0907 e. The molecule has 72 valence electrons. The molecule has 1 saturated heterocycles. The second kappa shape index (κ2) is 3.36. The van der Waals surface area contributed by atoms with Crippen molar-refractivity contribution in [2.45, 2.75) is 26.1 Å². The minimum absolute atomic E-state index is 0.0392. The molecule has 0 atom stereocenters. The highest BCUT2D eigenvalue weighted by Crippen LogP contribution is 2.18. The fraction of sp³-hybridized carbons (Fsp3) is 0.667. The lowest BCUT2D eigenvalue weighted by Gasteiger charge is -2.38. The quantitative estimate of drug-likeness (QED) is 0.795. The van der Waals surface area contributed by atoms with Gasteiger partial charge in [0.15, 0.2) is 0 Å². The van der Waals surface area contributed by atoms with Crippen molar-refractivity contribution in [2.75, 3.05) is 13.1 Å². The van der Waals surface area contributed by atoms with E-state index in [0.29, 0.717) is 6.61 Å². The van der Waals surface area contributed by atoms with Gasteiger partial charge in [-0.05, 0) is 13.8 Å². The van der Waals surface area contributed by atoms with Crippen LogP contribution < -0.4 is 5.32 Å². The first-order valence-electron chi connectivity index (χ1n) is 4.44. The maximum atomic E-state index is 5.75. The van der Waals surface area contributed by atoms with Gasteiger partial charge in [0.1, 0.15) is 0 Å². The highest BCUT2D eigenvalue weighted by atomic mass is 32.1. The zero-order chi connectivity index (χ0) is 9.31. The van der Waals surface area contributed by atoms with E-state index in [1.165, 1.54) is 0 Å². The highest BCUT2D eigenvalue weighted by molar-refractivity contribution is 7.09. The van der Waals surface area contributed by atoms with Gasteiger partial charge in [-0.2, -0.15) is 0 Å². The van der Waals surface area contributed by atoms with Crippen LogP contribution in [0.1, 0.15) is 17.6 Å². The van der Waals surface area contributed by atoms with E-state index in [1.807, 2.05) is 6.92 Å². The fourth-order valence-corrected chi connectivity index (χ4v) is 1.90. The average molecular weight is 198 g/mol. The molecule has 0 unspecified atom stereocenters. The second-order valence-electron chi connectivity index (χ2n) is 3.70. The maximum Gasteiger partial charge on any atom is 0.0907 e. The normalized spacial score (nSPS) is 19.8. The van der Waals surface area contributed by atoms with E-state index in [1.54, 1.807) is 11.3 Å². The third kappa shape index (κ3) is 2.07. The van der Waals surface area contributed by atoms with Crippen LogP contribution in [0.4, 0.5) is 0 Å². The minimum Gasteiger partial charge on any atom is -0.366 e. The highest BCUT2D eigenvalue weighted by Gasteiger charge is 2.32. The molecule has 0 bridgehead atoms. The summed E-state index contributed by atoms with van der Waals surface area (Å²) in [5.41, 5.74) is 1.09. The molecule has 4 heteroatoms. The van der Waals surface area contributed by atoms with E-state index in [-0.39, 0.29) is 5.60 Å². The Morgan fingerprint density at radius 2 is 2.46 bits per heavy atom. The zero-order valence-electron chi connectivity index (χ0n) is 7.96. The van der Waals surface area contributed by atoms with E-state index < -0.39 is 0 Å². The van der Waals surface area contributed by atoms with Crippen LogP contribution in [0, 0.1) is 6.92 Å². The second-order valence-corrected chi connectivity index (χ2v) is 4.76. The Morgan fingerprint density at radius 1 is 1.69 bits per heavy atom. The van der Waals surface area contributed by atoms with Gasteiger partial charge in [-0.25, -0.2) is 4.98 Å². The number of aromatic nitrogens is 1. The molecular weight excluding hydrogens is 184 g/mol. The number of thiazole rings is 1. The van der Waals surface area contributed by atoms with E-state index in [2.05, 4.69) is 22.6 Å². The number of ether oxygens (including phenoxy) is 1. The van der Waals surface area contributed by atoms with Gasteiger partial charge in [0, 0.05) is 18.5 Å². The largest absolute Gasteiger partial charge is 0.366 e. The SMILES string of the molecule is Cc1nc(COC2(C)CNC2)cs1. The van der Waals surface area contributed by atoms with Gasteiger partial charge in [-0.15, -0.1) is 11.3 Å². The molecule has 0 saturated carbocycles. The van der Waals surface area contributed by atoms with E-state index in [9.17, 15) is 0 Å². The molecule has 2 rings (SSSR count). The molecule has 0 spiro atoms. The summed E-state index contributed by atoms with van der Waals surface area (Å²) in [7, 11) is 0. The minimum atomic E-state index is 0.0392. The van der Waals surface area contributed by atoms with Gasteiger partial charge in [0.25, 0.3) is 0 Å². The van der Waals surface area contributed by atoms with Crippen molar-refractivity contribution in [3.05, 3.63) is 16.1 Å². The van der Waals surface area contributed by atoms with Crippen molar-refractivity contribution in [1.29, 1.82) is 0 Å². The maximum absolute atomic E-state index is 5.75. The molecular formula is C9H14N2OS. The number of nitrogens with one attached hydrogen (secondary N) is 1. The van der Waals surface area contributed by atoms with E-state index >= 15 is 0 Å². The standard InChI is InChI=1S/C9H14N2OS/c1-7-11-8(4-13-7)3-12-9(2)5-10-6-9/h4,10H,3,5-6H2,1-2H3. The third-order valence-electron chi connectivity index (χ3n) is 2.23. The van der Waals surface area contributed by atoms with Crippen molar-refractivity contribution >= 4 is 11.3 Å². The van der Waals surface area contributed by atoms with Crippen molar-refractivity contribution in [2.24, 2.45) is 0 Å². The van der Waals surface area contributed by atoms with Gasteiger partial charge in [-0.3, -0.25) is 0 Å². The number of hydrogen-bond acceptors (Lipinski definition) is 4. The Labute approximate surface area is 82.1 Å². The Kier molecular flexibility index (Phi) is 2.36. The summed E-state index contributed by atoms with van der Waals surface area (Å²) in [6, 6.07) is 0. The molecule has 1 aromatic rings. The van der Waals surface area contributed by atoms with E-state index in [0.717, 1.165) is 23.8 Å². The molecule has 2 heterocycles.